The number of benzene rings is 1. The number of anilines is 1. The second-order valence-corrected chi connectivity index (χ2v) is 5.32. The molecule has 0 aliphatic heterocycles. The van der Waals surface area contributed by atoms with Crippen LogP contribution in [0.2, 0.25) is 0 Å². The summed E-state index contributed by atoms with van der Waals surface area (Å²) in [6.45, 7) is 0.960. The highest BCUT2D eigenvalue weighted by Gasteiger charge is 2.03. The largest absolute Gasteiger partial charge is 0.396 e. The number of hydrogen-bond donors (Lipinski definition) is 2. The van der Waals surface area contributed by atoms with Crippen LogP contribution in [0.5, 0.6) is 0 Å². The summed E-state index contributed by atoms with van der Waals surface area (Å²) in [6.07, 6.45) is 0.743. The van der Waals surface area contributed by atoms with Gasteiger partial charge < -0.3 is 10.4 Å². The van der Waals surface area contributed by atoms with Gasteiger partial charge in [-0.05, 0) is 18.6 Å². The van der Waals surface area contributed by atoms with Gasteiger partial charge in [-0.25, -0.2) is 4.98 Å². The van der Waals surface area contributed by atoms with E-state index in [1.165, 1.54) is 0 Å². The second kappa shape index (κ2) is 6.14. The van der Waals surface area contributed by atoms with Gasteiger partial charge in [-0.2, -0.15) is 0 Å². The van der Waals surface area contributed by atoms with E-state index in [0.29, 0.717) is 0 Å². The minimum Gasteiger partial charge on any atom is -0.396 e. The number of rotatable bonds is 5. The molecule has 5 heteroatoms. The van der Waals surface area contributed by atoms with Gasteiger partial charge in [0.05, 0.1) is 5.69 Å². The minimum absolute atomic E-state index is 0.206. The lowest BCUT2D eigenvalue weighted by Crippen LogP contribution is -2.02. The van der Waals surface area contributed by atoms with Crippen molar-refractivity contribution < 1.29 is 5.11 Å². The Labute approximate surface area is 113 Å². The molecule has 3 nitrogen and oxygen atoms in total. The lowest BCUT2D eigenvalue weighted by molar-refractivity contribution is 0.292. The number of thiazole rings is 1. The summed E-state index contributed by atoms with van der Waals surface area (Å²) in [6, 6.07) is 8.09. The SMILES string of the molecule is OCCCNc1nc(-c2ccc(Br)cc2)cs1. The average Bonchev–Trinajstić information content (AvgIpc) is 2.79. The first kappa shape index (κ1) is 12.5. The van der Waals surface area contributed by atoms with Gasteiger partial charge in [0.1, 0.15) is 0 Å². The van der Waals surface area contributed by atoms with Crippen LogP contribution in [0.3, 0.4) is 0 Å². The van der Waals surface area contributed by atoms with Crippen LogP contribution < -0.4 is 5.32 Å². The van der Waals surface area contributed by atoms with E-state index >= 15 is 0 Å². The monoisotopic (exact) mass is 312 g/mol. The first-order valence-corrected chi connectivity index (χ1v) is 7.03. The number of aromatic nitrogens is 1. The van der Waals surface area contributed by atoms with Gasteiger partial charge in [-0.3, -0.25) is 0 Å². The Bertz CT molecular complexity index is 470. The molecule has 0 amide bonds. The summed E-state index contributed by atoms with van der Waals surface area (Å²) in [5.41, 5.74) is 2.09. The molecular weight excluding hydrogens is 300 g/mol. The third-order valence-electron chi connectivity index (χ3n) is 2.26. The molecule has 0 spiro atoms. The first-order valence-electron chi connectivity index (χ1n) is 5.36. The van der Waals surface area contributed by atoms with Gasteiger partial charge in [0.2, 0.25) is 0 Å². The van der Waals surface area contributed by atoms with E-state index in [-0.39, 0.29) is 6.61 Å². The van der Waals surface area contributed by atoms with Gasteiger partial charge in [0.15, 0.2) is 5.13 Å². The van der Waals surface area contributed by atoms with Crippen molar-refractivity contribution in [3.8, 4) is 11.3 Å². The summed E-state index contributed by atoms with van der Waals surface area (Å²) < 4.78 is 1.07. The maximum absolute atomic E-state index is 8.69. The standard InChI is InChI=1S/C12H13BrN2OS/c13-10-4-2-9(3-5-10)11-8-17-12(15-11)14-6-1-7-16/h2-5,8,16H,1,6-7H2,(H,14,15). The normalized spacial score (nSPS) is 10.5. The number of hydrogen-bond acceptors (Lipinski definition) is 4. The molecule has 0 atom stereocenters. The van der Waals surface area contributed by atoms with Crippen molar-refractivity contribution in [2.45, 2.75) is 6.42 Å². The molecule has 1 heterocycles. The first-order chi connectivity index (χ1) is 8.29. The maximum atomic E-state index is 8.69. The lowest BCUT2D eigenvalue weighted by atomic mass is 10.2. The van der Waals surface area contributed by atoms with Crippen molar-refractivity contribution in [1.82, 2.24) is 4.98 Å². The van der Waals surface area contributed by atoms with E-state index in [2.05, 4.69) is 26.2 Å². The molecule has 0 radical (unpaired) electrons. The van der Waals surface area contributed by atoms with E-state index in [1.54, 1.807) is 11.3 Å². The molecule has 0 saturated carbocycles. The van der Waals surface area contributed by atoms with Gasteiger partial charge >= 0.3 is 0 Å². The van der Waals surface area contributed by atoms with Crippen LogP contribution in [-0.2, 0) is 0 Å². The van der Waals surface area contributed by atoms with Crippen LogP contribution in [-0.4, -0.2) is 23.2 Å². The third kappa shape index (κ3) is 3.52. The zero-order chi connectivity index (χ0) is 12.1. The van der Waals surface area contributed by atoms with E-state index in [0.717, 1.165) is 33.8 Å². The Morgan fingerprint density at radius 2 is 2.06 bits per heavy atom. The van der Waals surface area contributed by atoms with E-state index in [1.807, 2.05) is 29.6 Å². The molecule has 1 aromatic carbocycles. The Kier molecular flexibility index (Phi) is 4.53. The summed E-state index contributed by atoms with van der Waals surface area (Å²) in [5, 5.41) is 14.8. The molecule has 0 saturated heterocycles. The predicted octanol–water partition coefficient (Wildman–Crippen LogP) is 3.37. The summed E-state index contributed by atoms with van der Waals surface area (Å²) in [4.78, 5) is 4.49. The lowest BCUT2D eigenvalue weighted by Gasteiger charge is -1.99. The topological polar surface area (TPSA) is 45.1 Å². The molecular formula is C12H13BrN2OS. The fourth-order valence-electron chi connectivity index (χ4n) is 1.38. The molecule has 0 aliphatic carbocycles. The predicted molar refractivity (Wildman–Crippen MR) is 75.4 cm³/mol. The van der Waals surface area contributed by atoms with E-state index in [4.69, 9.17) is 5.11 Å². The highest BCUT2D eigenvalue weighted by molar-refractivity contribution is 9.10. The van der Waals surface area contributed by atoms with Gasteiger partial charge in [-0.15, -0.1) is 11.3 Å². The fourth-order valence-corrected chi connectivity index (χ4v) is 2.40. The third-order valence-corrected chi connectivity index (χ3v) is 3.58. The van der Waals surface area contributed by atoms with Crippen molar-refractivity contribution in [1.29, 1.82) is 0 Å². The average molecular weight is 313 g/mol. The van der Waals surface area contributed by atoms with E-state index < -0.39 is 0 Å². The summed E-state index contributed by atoms with van der Waals surface area (Å²) in [7, 11) is 0. The number of halogens is 1. The number of aliphatic hydroxyl groups excluding tert-OH is 1. The van der Waals surface area contributed by atoms with Crippen molar-refractivity contribution >= 4 is 32.4 Å². The second-order valence-electron chi connectivity index (χ2n) is 3.55. The summed E-state index contributed by atoms with van der Waals surface area (Å²) in [5.74, 6) is 0. The minimum atomic E-state index is 0.206. The molecule has 0 unspecified atom stereocenters. The molecule has 2 aromatic rings. The molecule has 2 N–H and O–H groups in total. The van der Waals surface area contributed by atoms with Crippen molar-refractivity contribution in [2.75, 3.05) is 18.5 Å². The zero-order valence-corrected chi connectivity index (χ0v) is 11.6. The van der Waals surface area contributed by atoms with Crippen LogP contribution in [0.1, 0.15) is 6.42 Å². The molecule has 0 bridgehead atoms. The summed E-state index contributed by atoms with van der Waals surface area (Å²) >= 11 is 4.99. The molecule has 90 valence electrons. The quantitative estimate of drug-likeness (QED) is 0.832. The van der Waals surface area contributed by atoms with Crippen LogP contribution >= 0.6 is 27.3 Å². The Morgan fingerprint density at radius 1 is 1.29 bits per heavy atom. The van der Waals surface area contributed by atoms with Crippen molar-refractivity contribution in [2.24, 2.45) is 0 Å². The molecule has 2 rings (SSSR count). The Morgan fingerprint density at radius 3 is 2.76 bits per heavy atom. The maximum Gasteiger partial charge on any atom is 0.183 e. The molecule has 0 fully saturated rings. The fraction of sp³-hybridized carbons (Fsp3) is 0.250. The van der Waals surface area contributed by atoms with Crippen LogP contribution in [0, 0.1) is 0 Å². The number of aliphatic hydroxyl groups is 1. The Balaban J connectivity index is 2.04. The van der Waals surface area contributed by atoms with Crippen LogP contribution in [0.15, 0.2) is 34.1 Å². The van der Waals surface area contributed by atoms with Gasteiger partial charge in [0, 0.05) is 28.6 Å². The smallest absolute Gasteiger partial charge is 0.183 e. The number of nitrogens with zero attached hydrogens (tertiary/aromatic N) is 1. The van der Waals surface area contributed by atoms with Crippen molar-refractivity contribution in [3.63, 3.8) is 0 Å². The molecule has 1 aromatic heterocycles. The number of nitrogens with one attached hydrogen (secondary N) is 1. The Hall–Kier alpha value is -0.910. The van der Waals surface area contributed by atoms with Crippen molar-refractivity contribution in [3.05, 3.63) is 34.1 Å². The van der Waals surface area contributed by atoms with Gasteiger partial charge in [-0.1, -0.05) is 28.1 Å². The highest BCUT2D eigenvalue weighted by Crippen LogP contribution is 2.25. The highest BCUT2D eigenvalue weighted by atomic mass is 79.9. The molecule has 0 aliphatic rings. The van der Waals surface area contributed by atoms with E-state index in [9.17, 15) is 0 Å². The van der Waals surface area contributed by atoms with Crippen LogP contribution in [0.25, 0.3) is 11.3 Å². The van der Waals surface area contributed by atoms with Crippen LogP contribution in [0.4, 0.5) is 5.13 Å². The molecule has 17 heavy (non-hydrogen) atoms. The zero-order valence-electron chi connectivity index (χ0n) is 9.19. The van der Waals surface area contributed by atoms with Gasteiger partial charge in [0.25, 0.3) is 0 Å².